The highest BCUT2D eigenvalue weighted by molar-refractivity contribution is 7.80. The minimum absolute atomic E-state index is 0.0457. The molecule has 0 fully saturated rings. The lowest BCUT2D eigenvalue weighted by Gasteiger charge is -2.27. The zero-order chi connectivity index (χ0) is 26.7. The number of aromatic nitrogens is 2. The minimum Gasteiger partial charge on any atom is -0.480 e. The fraction of sp³-hybridized carbons (Fsp3) is 0.273. The van der Waals surface area contributed by atoms with Crippen molar-refractivity contribution in [3.8, 4) is 0 Å². The number of nitrogens with zero attached hydrogens (tertiary/aromatic N) is 3. The zero-order valence-electron chi connectivity index (χ0n) is 18.7. The van der Waals surface area contributed by atoms with E-state index in [1.807, 2.05) is 0 Å². The molecule has 0 radical (unpaired) electrons. The van der Waals surface area contributed by atoms with Crippen molar-refractivity contribution < 1.29 is 39.0 Å². The van der Waals surface area contributed by atoms with Gasteiger partial charge in [-0.1, -0.05) is 0 Å². The van der Waals surface area contributed by atoms with Gasteiger partial charge in [-0.15, -0.1) is 0 Å². The predicted molar refractivity (Wildman–Crippen MR) is 126 cm³/mol. The Balaban J connectivity index is 2.23. The molecule has 14 heteroatoms. The molecule has 0 aromatic carbocycles. The molecule has 2 rings (SSSR count). The lowest BCUT2D eigenvalue weighted by molar-refractivity contribution is -0.142. The van der Waals surface area contributed by atoms with Crippen molar-refractivity contribution in [1.82, 2.24) is 25.5 Å². The van der Waals surface area contributed by atoms with Gasteiger partial charge in [-0.2, -0.15) is 12.6 Å². The van der Waals surface area contributed by atoms with Crippen LogP contribution in [0.25, 0.3) is 0 Å². The molecule has 4 amide bonds. The van der Waals surface area contributed by atoms with Crippen molar-refractivity contribution in [1.29, 1.82) is 0 Å². The Morgan fingerprint density at radius 1 is 0.944 bits per heavy atom. The highest BCUT2D eigenvalue weighted by Gasteiger charge is 2.36. The van der Waals surface area contributed by atoms with Gasteiger partial charge in [-0.3, -0.25) is 38.8 Å². The molecule has 0 bridgehead atoms. The van der Waals surface area contributed by atoms with E-state index in [2.05, 4.69) is 33.2 Å². The van der Waals surface area contributed by atoms with Crippen LogP contribution in [0.15, 0.2) is 49.1 Å². The highest BCUT2D eigenvalue weighted by atomic mass is 32.1. The summed E-state index contributed by atoms with van der Waals surface area (Å²) in [4.78, 5) is 81.7. The first-order chi connectivity index (χ1) is 17.1. The van der Waals surface area contributed by atoms with E-state index in [0.29, 0.717) is 4.90 Å². The number of carbonyl (C=O) groups is 6. The van der Waals surface area contributed by atoms with Gasteiger partial charge in [0.05, 0.1) is 11.1 Å². The number of hydrogen-bond acceptors (Lipinski definition) is 9. The molecule has 36 heavy (non-hydrogen) atoms. The number of carbonyl (C=O) groups excluding carboxylic acids is 4. The number of carboxylic acids is 2. The molecular formula is C22H23N5O8S. The van der Waals surface area contributed by atoms with Crippen LogP contribution >= 0.6 is 12.6 Å². The number of aliphatic carboxylic acids is 2. The van der Waals surface area contributed by atoms with E-state index in [4.69, 9.17) is 5.11 Å². The van der Waals surface area contributed by atoms with Gasteiger partial charge in [0.15, 0.2) is 0 Å². The third kappa shape index (κ3) is 7.87. The van der Waals surface area contributed by atoms with Crippen LogP contribution in [0.5, 0.6) is 0 Å². The van der Waals surface area contributed by atoms with Crippen LogP contribution in [-0.2, 0) is 19.2 Å². The maximum atomic E-state index is 13.2. The first-order valence-electron chi connectivity index (χ1n) is 10.5. The Bertz CT molecular complexity index is 1060. The van der Waals surface area contributed by atoms with Crippen LogP contribution in [0.2, 0.25) is 0 Å². The van der Waals surface area contributed by atoms with E-state index < -0.39 is 67.0 Å². The molecular weight excluding hydrogens is 494 g/mol. The Hall–Kier alpha value is -4.33. The Morgan fingerprint density at radius 3 is 1.92 bits per heavy atom. The Morgan fingerprint density at radius 2 is 1.50 bits per heavy atom. The average Bonchev–Trinajstić information content (AvgIpc) is 2.88. The van der Waals surface area contributed by atoms with E-state index in [0.717, 1.165) is 0 Å². The molecule has 2 atom stereocenters. The number of imide groups is 1. The largest absolute Gasteiger partial charge is 0.480 e. The zero-order valence-corrected chi connectivity index (χ0v) is 19.6. The summed E-state index contributed by atoms with van der Waals surface area (Å²) in [7, 11) is 0. The summed E-state index contributed by atoms with van der Waals surface area (Å²) in [6, 6.07) is 2.67. The van der Waals surface area contributed by atoms with Gasteiger partial charge in [-0.05, 0) is 30.7 Å². The maximum absolute atomic E-state index is 13.2. The van der Waals surface area contributed by atoms with Gasteiger partial charge in [0.2, 0.25) is 11.8 Å². The topological polar surface area (TPSA) is 196 Å². The number of amides is 4. The second-order valence-electron chi connectivity index (χ2n) is 7.27. The number of thiol groups is 1. The molecule has 0 aliphatic rings. The lowest BCUT2D eigenvalue weighted by atomic mass is 10.1. The van der Waals surface area contributed by atoms with E-state index >= 15 is 0 Å². The van der Waals surface area contributed by atoms with Gasteiger partial charge in [0, 0.05) is 37.0 Å². The van der Waals surface area contributed by atoms with Gasteiger partial charge in [-0.25, -0.2) is 4.79 Å². The van der Waals surface area contributed by atoms with E-state index in [-0.39, 0.29) is 16.9 Å². The van der Waals surface area contributed by atoms with E-state index in [9.17, 15) is 33.9 Å². The van der Waals surface area contributed by atoms with Gasteiger partial charge >= 0.3 is 11.9 Å². The van der Waals surface area contributed by atoms with Crippen LogP contribution in [0.1, 0.15) is 33.6 Å². The third-order valence-corrected chi connectivity index (χ3v) is 5.11. The second-order valence-corrected chi connectivity index (χ2v) is 7.64. The van der Waals surface area contributed by atoms with Crippen molar-refractivity contribution in [3.63, 3.8) is 0 Å². The third-order valence-electron chi connectivity index (χ3n) is 4.74. The molecule has 4 N–H and O–H groups in total. The number of hydrogen-bond donors (Lipinski definition) is 5. The van der Waals surface area contributed by atoms with Crippen LogP contribution in [-0.4, -0.2) is 85.0 Å². The van der Waals surface area contributed by atoms with Crippen LogP contribution < -0.4 is 10.6 Å². The summed E-state index contributed by atoms with van der Waals surface area (Å²) in [5.41, 5.74) is -0.0913. The maximum Gasteiger partial charge on any atom is 0.326 e. The first kappa shape index (κ1) is 27.9. The van der Waals surface area contributed by atoms with Gasteiger partial charge in [0.1, 0.15) is 18.6 Å². The van der Waals surface area contributed by atoms with E-state index in [1.54, 1.807) is 0 Å². The summed E-state index contributed by atoms with van der Waals surface area (Å²) < 4.78 is 0. The SMILES string of the molecule is O=C(O)CNC(=O)[C@H](CS)NC(=O)CC[C@@H](C(=O)O)N(C(=O)c1cccnc1)C(=O)c1cccnc1. The fourth-order valence-corrected chi connectivity index (χ4v) is 3.27. The van der Waals surface area contributed by atoms with Crippen molar-refractivity contribution in [3.05, 3.63) is 60.2 Å². The molecule has 0 aliphatic carbocycles. The summed E-state index contributed by atoms with van der Waals surface area (Å²) >= 11 is 3.96. The molecule has 0 saturated carbocycles. The molecule has 190 valence electrons. The monoisotopic (exact) mass is 517 g/mol. The van der Waals surface area contributed by atoms with Gasteiger partial charge in [0.25, 0.3) is 11.8 Å². The lowest BCUT2D eigenvalue weighted by Crippen LogP contribution is -2.51. The highest BCUT2D eigenvalue weighted by Crippen LogP contribution is 2.17. The van der Waals surface area contributed by atoms with Crippen molar-refractivity contribution in [2.45, 2.75) is 24.9 Å². The molecule has 0 saturated heterocycles. The van der Waals surface area contributed by atoms with Gasteiger partial charge < -0.3 is 20.8 Å². The molecule has 2 heterocycles. The first-order valence-corrected chi connectivity index (χ1v) is 11.1. The molecule has 2 aromatic heterocycles. The number of rotatable bonds is 12. The quantitative estimate of drug-likeness (QED) is 0.183. The molecule has 2 aromatic rings. The molecule has 0 spiro atoms. The van der Waals surface area contributed by atoms with Crippen LogP contribution in [0, 0.1) is 0 Å². The van der Waals surface area contributed by atoms with Crippen molar-refractivity contribution >= 4 is 48.2 Å². The van der Waals surface area contributed by atoms with Crippen LogP contribution in [0.4, 0.5) is 0 Å². The number of carboxylic acid groups (broad SMARTS) is 2. The summed E-state index contributed by atoms with van der Waals surface area (Å²) in [6.45, 7) is -0.665. The van der Waals surface area contributed by atoms with E-state index in [1.165, 1.54) is 49.1 Å². The normalized spacial score (nSPS) is 12.0. The number of nitrogens with one attached hydrogen (secondary N) is 2. The predicted octanol–water partition coefficient (Wildman–Crippen LogP) is -0.392. The van der Waals surface area contributed by atoms with Crippen molar-refractivity contribution in [2.24, 2.45) is 0 Å². The molecule has 0 aliphatic heterocycles. The average molecular weight is 518 g/mol. The molecule has 13 nitrogen and oxygen atoms in total. The Kier molecular flexibility index (Phi) is 10.5. The summed E-state index contributed by atoms with van der Waals surface area (Å²) in [5, 5.41) is 22.9. The van der Waals surface area contributed by atoms with Crippen molar-refractivity contribution in [2.75, 3.05) is 12.3 Å². The fourth-order valence-electron chi connectivity index (χ4n) is 3.01. The summed E-state index contributed by atoms with van der Waals surface area (Å²) in [6.07, 6.45) is 4.18. The smallest absolute Gasteiger partial charge is 0.326 e. The minimum atomic E-state index is -1.74. The number of pyridine rings is 2. The standard InChI is InChI=1S/C22H23N5O8S/c28-17(26-15(12-36)19(31)25-11-18(29)30)6-5-16(22(34)35)27(20(32)13-3-1-7-23-9-13)21(33)14-4-2-8-24-10-14/h1-4,7-10,15-16,36H,5-6,11-12H2,(H,25,31)(H,26,28)(H,29,30)(H,34,35)/t15-,16-/m0/s1. The molecule has 0 unspecified atom stereocenters. The Labute approximate surface area is 210 Å². The van der Waals surface area contributed by atoms with Crippen LogP contribution in [0.3, 0.4) is 0 Å². The second kappa shape index (κ2) is 13.5. The summed E-state index contributed by atoms with van der Waals surface area (Å²) in [5.74, 6) is -6.43.